The van der Waals surface area contributed by atoms with Crippen LogP contribution in [0.1, 0.15) is 39.5 Å². The third-order valence-electron chi connectivity index (χ3n) is 3.73. The van der Waals surface area contributed by atoms with E-state index in [-0.39, 0.29) is 0 Å². The molecule has 0 unspecified atom stereocenters. The molecule has 2 fully saturated rings. The Morgan fingerprint density at radius 3 is 2.20 bits per heavy atom. The first-order chi connectivity index (χ1) is 7.19. The molecule has 4 heteroatoms. The molecule has 0 N–H and O–H groups in total. The van der Waals surface area contributed by atoms with Crippen molar-refractivity contribution in [1.29, 1.82) is 0 Å². The maximum Gasteiger partial charge on any atom is 0.194 e. The Kier molecular flexibility index (Phi) is 4.18. The summed E-state index contributed by atoms with van der Waals surface area (Å²) in [6.45, 7) is 4.28. The zero-order valence-electron chi connectivity index (χ0n) is 9.65. The van der Waals surface area contributed by atoms with Crippen LogP contribution in [0.3, 0.4) is 0 Å². The molecule has 0 heterocycles. The second-order valence-electron chi connectivity index (χ2n) is 4.62. The Bertz CT molecular complexity index is 259. The van der Waals surface area contributed by atoms with Crippen molar-refractivity contribution in [3.63, 3.8) is 0 Å². The normalized spacial score (nSPS) is 34.9. The van der Waals surface area contributed by atoms with Gasteiger partial charge in [-0.3, -0.25) is 0 Å². The molecule has 88 valence electrons. The minimum atomic E-state index is -1.98. The summed E-state index contributed by atoms with van der Waals surface area (Å²) in [4.78, 5) is 0. The number of fused-ring (bicyclic) bond motifs is 2. The van der Waals surface area contributed by atoms with E-state index >= 15 is 0 Å². The summed E-state index contributed by atoms with van der Waals surface area (Å²) in [5.41, 5.74) is -1.41. The van der Waals surface area contributed by atoms with Gasteiger partial charge in [-0.15, -0.1) is 0 Å². The molecule has 2 rings (SSSR count). The van der Waals surface area contributed by atoms with Crippen LogP contribution < -0.4 is 0 Å². The molecule has 2 aliphatic rings. The van der Waals surface area contributed by atoms with E-state index in [1.165, 1.54) is 25.7 Å². The first-order valence-corrected chi connectivity index (χ1v) is 11.0. The fourth-order valence-corrected chi connectivity index (χ4v) is 13.4. The van der Waals surface area contributed by atoms with Crippen LogP contribution in [-0.4, -0.2) is 17.2 Å². The minimum absolute atomic E-state index is 0.561. The summed E-state index contributed by atoms with van der Waals surface area (Å²) >= 11 is 3.52. The van der Waals surface area contributed by atoms with Crippen molar-refractivity contribution >= 4 is 28.3 Å². The predicted octanol–water partition coefficient (Wildman–Crippen LogP) is 4.87. The van der Waals surface area contributed by atoms with Crippen LogP contribution in [0, 0.1) is 11.8 Å². The Morgan fingerprint density at radius 1 is 1.13 bits per heavy atom. The van der Waals surface area contributed by atoms with Gasteiger partial charge in [0.1, 0.15) is 0 Å². The molecule has 0 radical (unpaired) electrons. The molecule has 0 amide bonds. The fraction of sp³-hybridized carbons (Fsp3) is 1.00. The molecule has 2 bridgehead atoms. The van der Waals surface area contributed by atoms with E-state index in [0.717, 1.165) is 23.3 Å². The van der Waals surface area contributed by atoms with Crippen LogP contribution in [0.5, 0.6) is 0 Å². The molecule has 1 nitrogen and oxygen atoms in total. The van der Waals surface area contributed by atoms with Crippen molar-refractivity contribution in [2.24, 2.45) is 11.8 Å². The van der Waals surface area contributed by atoms with Gasteiger partial charge < -0.3 is 4.57 Å². The van der Waals surface area contributed by atoms with E-state index in [9.17, 15) is 4.57 Å². The van der Waals surface area contributed by atoms with Gasteiger partial charge in [-0.25, -0.2) is 0 Å². The van der Waals surface area contributed by atoms with Gasteiger partial charge in [0.15, 0.2) is 5.55 Å². The van der Waals surface area contributed by atoms with Gasteiger partial charge in [0.2, 0.25) is 0 Å². The highest BCUT2D eigenvalue weighted by atomic mass is 33.1. The van der Waals surface area contributed by atoms with Crippen molar-refractivity contribution in [1.82, 2.24) is 0 Å². The lowest BCUT2D eigenvalue weighted by atomic mass is 10.0. The quantitative estimate of drug-likeness (QED) is 0.659. The van der Waals surface area contributed by atoms with Crippen LogP contribution >= 0.6 is 28.3 Å². The zero-order chi connectivity index (χ0) is 10.9. The molecule has 3 atom stereocenters. The van der Waals surface area contributed by atoms with Gasteiger partial charge >= 0.3 is 0 Å². The minimum Gasteiger partial charge on any atom is -0.300 e. The van der Waals surface area contributed by atoms with Crippen LogP contribution in [0.4, 0.5) is 0 Å². The molecule has 15 heavy (non-hydrogen) atoms. The molecular formula is C11H21OPS2. The van der Waals surface area contributed by atoms with Gasteiger partial charge in [-0.2, -0.15) is 0 Å². The summed E-state index contributed by atoms with van der Waals surface area (Å²) < 4.78 is 12.9. The van der Waals surface area contributed by atoms with Gasteiger partial charge in [0.25, 0.3) is 0 Å². The first-order valence-electron chi connectivity index (χ1n) is 6.08. The van der Waals surface area contributed by atoms with E-state index < -0.39 is 5.55 Å². The maximum atomic E-state index is 12.9. The second-order valence-corrected chi connectivity index (χ2v) is 13.5. The molecule has 0 aliphatic heterocycles. The number of hydrogen-bond donors (Lipinski definition) is 0. The standard InChI is InChI=1S/C11H21OPS2/c1-3-14-13(12,15-4-2)11-8-9-5-6-10(11)7-9/h9-11H,3-8H2,1-2H3/t9-,10+,11+/m1/s1. The van der Waals surface area contributed by atoms with E-state index in [0.29, 0.717) is 5.66 Å². The Labute approximate surface area is 101 Å². The van der Waals surface area contributed by atoms with Gasteiger partial charge in [-0.05, 0) is 42.6 Å². The van der Waals surface area contributed by atoms with Crippen molar-refractivity contribution in [2.45, 2.75) is 45.2 Å². The lowest BCUT2D eigenvalue weighted by Crippen LogP contribution is -2.14. The third kappa shape index (κ3) is 2.45. The van der Waals surface area contributed by atoms with Gasteiger partial charge in [0.05, 0.1) is 0 Å². The lowest BCUT2D eigenvalue weighted by Gasteiger charge is -2.29. The Morgan fingerprint density at radius 2 is 1.80 bits per heavy atom. The SMILES string of the molecule is CCSP(=O)(SCC)[C@H]1C[C@@H]2CC[C@H]1C2. The molecule has 0 spiro atoms. The smallest absolute Gasteiger partial charge is 0.194 e. The lowest BCUT2D eigenvalue weighted by molar-refractivity contribution is 0.474. The third-order valence-corrected chi connectivity index (χ3v) is 13.6. The molecule has 2 aliphatic carbocycles. The number of rotatable bonds is 5. The van der Waals surface area contributed by atoms with E-state index in [4.69, 9.17) is 0 Å². The summed E-state index contributed by atoms with van der Waals surface area (Å²) in [6, 6.07) is 0. The van der Waals surface area contributed by atoms with Crippen LogP contribution in [0.25, 0.3) is 0 Å². The summed E-state index contributed by atoms with van der Waals surface area (Å²) in [5, 5.41) is 0. The monoisotopic (exact) mass is 264 g/mol. The van der Waals surface area contributed by atoms with Crippen LogP contribution in [0.2, 0.25) is 0 Å². The van der Waals surface area contributed by atoms with Crippen molar-refractivity contribution in [2.75, 3.05) is 11.5 Å². The Balaban J connectivity index is 2.08. The molecule has 0 aromatic rings. The van der Waals surface area contributed by atoms with Crippen molar-refractivity contribution in [3.05, 3.63) is 0 Å². The zero-order valence-corrected chi connectivity index (χ0v) is 12.2. The predicted molar refractivity (Wildman–Crippen MR) is 73.1 cm³/mol. The van der Waals surface area contributed by atoms with Crippen molar-refractivity contribution < 1.29 is 4.57 Å². The molecule has 2 saturated carbocycles. The van der Waals surface area contributed by atoms with E-state index in [2.05, 4.69) is 13.8 Å². The molecule has 0 saturated heterocycles. The maximum absolute atomic E-state index is 12.9. The average Bonchev–Trinajstić information content (AvgIpc) is 2.79. The topological polar surface area (TPSA) is 17.1 Å². The van der Waals surface area contributed by atoms with E-state index in [1.54, 1.807) is 22.8 Å². The summed E-state index contributed by atoms with van der Waals surface area (Å²) in [6.07, 6.45) is 5.41. The molecule has 0 aromatic carbocycles. The summed E-state index contributed by atoms with van der Waals surface area (Å²) in [5.74, 6) is 3.75. The van der Waals surface area contributed by atoms with Crippen LogP contribution in [0.15, 0.2) is 0 Å². The Hall–Kier alpha value is 0.930. The highest BCUT2D eigenvalue weighted by molar-refractivity contribution is 8.90. The average molecular weight is 264 g/mol. The second kappa shape index (κ2) is 5.06. The fourth-order valence-electron chi connectivity index (χ4n) is 3.19. The first kappa shape index (κ1) is 12.4. The molecular weight excluding hydrogens is 243 g/mol. The summed E-state index contributed by atoms with van der Waals surface area (Å²) in [7, 11) is 0. The van der Waals surface area contributed by atoms with E-state index in [1.807, 2.05) is 0 Å². The van der Waals surface area contributed by atoms with Crippen molar-refractivity contribution in [3.8, 4) is 0 Å². The van der Waals surface area contributed by atoms with Crippen LogP contribution in [-0.2, 0) is 4.57 Å². The van der Waals surface area contributed by atoms with Gasteiger partial charge in [0, 0.05) is 5.66 Å². The molecule has 0 aromatic heterocycles. The highest BCUT2D eigenvalue weighted by Crippen LogP contribution is 2.77. The largest absolute Gasteiger partial charge is 0.300 e. The highest BCUT2D eigenvalue weighted by Gasteiger charge is 2.48. The van der Waals surface area contributed by atoms with Gasteiger partial charge in [-0.1, -0.05) is 43.0 Å². The number of hydrogen-bond acceptors (Lipinski definition) is 3.